The van der Waals surface area contributed by atoms with Gasteiger partial charge in [0.15, 0.2) is 5.13 Å². The highest BCUT2D eigenvalue weighted by Crippen LogP contribution is 2.36. The predicted octanol–water partition coefficient (Wildman–Crippen LogP) is 3.69. The van der Waals surface area contributed by atoms with Crippen molar-refractivity contribution in [2.75, 3.05) is 74.0 Å². The van der Waals surface area contributed by atoms with Crippen LogP contribution in [0.1, 0.15) is 61.2 Å². The Morgan fingerprint density at radius 1 is 0.761 bits per heavy atom. The molecule has 2 aromatic heterocycles. The molecule has 3 aromatic carbocycles. The molecular formula is C47H42F2N10O7S. The molecule has 20 heteroatoms. The second kappa shape index (κ2) is 17.7. The third-order valence-corrected chi connectivity index (χ3v) is 13.7. The van der Waals surface area contributed by atoms with E-state index in [0.29, 0.717) is 63.6 Å². The number of piperazine rings is 2. The largest absolute Gasteiger partial charge is 0.369 e. The van der Waals surface area contributed by atoms with Gasteiger partial charge < -0.3 is 19.6 Å². The molecule has 2 N–H and O–H groups in total. The maximum atomic E-state index is 15.2. The molecular weight excluding hydrogens is 887 g/mol. The molecule has 17 nitrogen and oxygen atoms in total. The lowest BCUT2D eigenvalue weighted by Gasteiger charge is -2.39. The molecule has 342 valence electrons. The molecule has 10 rings (SSSR count). The van der Waals surface area contributed by atoms with Crippen molar-refractivity contribution in [2.24, 2.45) is 0 Å². The van der Waals surface area contributed by atoms with E-state index < -0.39 is 59.2 Å². The van der Waals surface area contributed by atoms with Crippen molar-refractivity contribution in [3.8, 4) is 11.1 Å². The van der Waals surface area contributed by atoms with Gasteiger partial charge in [-0.25, -0.2) is 13.8 Å². The van der Waals surface area contributed by atoms with Crippen LogP contribution in [0.2, 0.25) is 0 Å². The molecule has 0 saturated carbocycles. The number of pyridine rings is 1. The Morgan fingerprint density at radius 3 is 2.21 bits per heavy atom. The van der Waals surface area contributed by atoms with Crippen LogP contribution in [0.5, 0.6) is 0 Å². The summed E-state index contributed by atoms with van der Waals surface area (Å²) in [6.45, 7) is 5.01. The molecule has 3 saturated heterocycles. The summed E-state index contributed by atoms with van der Waals surface area (Å²) in [4.78, 5) is 111. The summed E-state index contributed by atoms with van der Waals surface area (Å²) in [5.41, 5.74) is 4.03. The number of hydrogen-bond donors (Lipinski definition) is 2. The smallest absolute Gasteiger partial charge is 0.262 e. The van der Waals surface area contributed by atoms with E-state index in [1.165, 1.54) is 11.1 Å². The Labute approximate surface area is 385 Å². The fraction of sp³-hybridized carbons (Fsp3) is 0.298. The van der Waals surface area contributed by atoms with Crippen LogP contribution >= 0.6 is 11.3 Å². The van der Waals surface area contributed by atoms with Crippen LogP contribution in [-0.2, 0) is 25.7 Å². The average molecular weight is 929 g/mol. The first-order valence-corrected chi connectivity index (χ1v) is 22.7. The van der Waals surface area contributed by atoms with Crippen molar-refractivity contribution in [3.05, 3.63) is 124 Å². The topological polar surface area (TPSA) is 189 Å². The summed E-state index contributed by atoms with van der Waals surface area (Å²) in [6, 6.07) is 14.9. The first kappa shape index (κ1) is 43.4. The van der Waals surface area contributed by atoms with Crippen molar-refractivity contribution in [2.45, 2.75) is 31.5 Å². The maximum absolute atomic E-state index is 15.2. The van der Waals surface area contributed by atoms with E-state index in [-0.39, 0.29) is 59.2 Å². The Balaban J connectivity index is 0.719. The zero-order valence-corrected chi connectivity index (χ0v) is 36.6. The third kappa shape index (κ3) is 8.37. The molecule has 2 unspecified atom stereocenters. The van der Waals surface area contributed by atoms with E-state index in [1.807, 2.05) is 29.2 Å². The highest BCUT2D eigenvalue weighted by molar-refractivity contribution is 7.13. The molecule has 3 fully saturated rings. The Kier molecular flexibility index (Phi) is 11.5. The van der Waals surface area contributed by atoms with Crippen molar-refractivity contribution in [1.82, 2.24) is 34.9 Å². The van der Waals surface area contributed by atoms with E-state index in [4.69, 9.17) is 0 Å². The number of piperidine rings is 1. The van der Waals surface area contributed by atoms with Gasteiger partial charge in [0.2, 0.25) is 17.7 Å². The number of imide groups is 2. The Morgan fingerprint density at radius 2 is 1.48 bits per heavy atom. The SMILES string of the molecule is O=C1CCC(N2C(=O)c3ccc(N4CCN(CC(=O)N5CCN(c6ccc(-c7cnc8c(c7)C(=O)N(C(C(=O)Nc7nccs7)c7cc(F)ccc7F)C8)cc6)CC5)CC4)cc3C2=O)C(=O)N1. The first-order chi connectivity index (χ1) is 32.4. The second-order valence-corrected chi connectivity index (χ2v) is 17.8. The zero-order valence-electron chi connectivity index (χ0n) is 35.8. The van der Waals surface area contributed by atoms with Crippen LogP contribution in [0.15, 0.2) is 84.5 Å². The molecule has 0 aliphatic carbocycles. The maximum Gasteiger partial charge on any atom is 0.262 e. The number of nitrogens with zero attached hydrogens (tertiary/aromatic N) is 8. The van der Waals surface area contributed by atoms with E-state index in [2.05, 4.69) is 35.3 Å². The van der Waals surface area contributed by atoms with Gasteiger partial charge in [-0.15, -0.1) is 11.3 Å². The molecule has 67 heavy (non-hydrogen) atoms. The van der Waals surface area contributed by atoms with Crippen LogP contribution in [0.3, 0.4) is 0 Å². The summed E-state index contributed by atoms with van der Waals surface area (Å²) in [6.07, 6.45) is 3.27. The zero-order chi connectivity index (χ0) is 46.5. The standard InChI is InChI=1S/C47H42F2N10O7S/c48-29-3-8-36(49)34(22-29)41(43(63)53-47-50-11-20-67-47)58-25-37-35(44(58)64)21-28(24-51-37)27-1-4-30(5-2-27)55-16-18-57(19-17-55)40(61)26-54-12-14-56(15-13-54)31-6-7-32-33(23-31)46(66)59(45(32)65)38-9-10-39(60)52-42(38)62/h1-8,11,20-24,38,41H,9-10,12-19,25-26H2,(H,50,53,63)(H,52,60,62). The second-order valence-electron chi connectivity index (χ2n) is 16.9. The minimum Gasteiger partial charge on any atom is -0.369 e. The number of fused-ring (bicyclic) bond motifs is 2. The third-order valence-electron chi connectivity index (χ3n) is 13.0. The summed E-state index contributed by atoms with van der Waals surface area (Å²) < 4.78 is 29.5. The van der Waals surface area contributed by atoms with E-state index in [1.54, 1.807) is 35.8 Å². The van der Waals surface area contributed by atoms with Gasteiger partial charge in [-0.3, -0.25) is 59.0 Å². The van der Waals surface area contributed by atoms with Crippen molar-refractivity contribution in [3.63, 3.8) is 0 Å². The number of thiazole rings is 1. The number of carbonyl (C=O) groups excluding carboxylic acids is 7. The normalized spacial score (nSPS) is 19.2. The van der Waals surface area contributed by atoms with E-state index >= 15 is 4.39 Å². The number of hydrogen-bond acceptors (Lipinski definition) is 13. The summed E-state index contributed by atoms with van der Waals surface area (Å²) >= 11 is 1.15. The van der Waals surface area contributed by atoms with Gasteiger partial charge in [-0.1, -0.05) is 12.1 Å². The van der Waals surface area contributed by atoms with Crippen LogP contribution < -0.4 is 20.4 Å². The fourth-order valence-electron chi connectivity index (χ4n) is 9.38. The average Bonchev–Trinajstić information content (AvgIpc) is 4.03. The number of aromatic nitrogens is 2. The van der Waals surface area contributed by atoms with Crippen LogP contribution in [0.4, 0.5) is 25.3 Å². The minimum absolute atomic E-state index is 0.0448. The molecule has 5 aliphatic rings. The lowest BCUT2D eigenvalue weighted by Crippen LogP contribution is -2.54. The summed E-state index contributed by atoms with van der Waals surface area (Å²) in [5, 5.41) is 6.73. The summed E-state index contributed by atoms with van der Waals surface area (Å²) in [7, 11) is 0. The molecule has 0 bridgehead atoms. The van der Waals surface area contributed by atoms with Gasteiger partial charge in [0.05, 0.1) is 35.5 Å². The molecule has 0 spiro atoms. The predicted molar refractivity (Wildman–Crippen MR) is 240 cm³/mol. The van der Waals surface area contributed by atoms with Gasteiger partial charge in [0.25, 0.3) is 23.6 Å². The highest BCUT2D eigenvalue weighted by Gasteiger charge is 2.45. The fourth-order valence-corrected chi connectivity index (χ4v) is 9.91. The molecule has 2 atom stereocenters. The lowest BCUT2D eigenvalue weighted by molar-refractivity contribution is -0.136. The molecule has 5 aliphatic heterocycles. The number of amides is 7. The number of carbonyl (C=O) groups is 7. The monoisotopic (exact) mass is 928 g/mol. The number of halogens is 2. The Bertz CT molecular complexity index is 2850. The molecule has 5 aromatic rings. The number of rotatable bonds is 10. The molecule has 7 heterocycles. The molecule has 0 radical (unpaired) electrons. The number of anilines is 3. The molecule has 7 amide bonds. The van der Waals surface area contributed by atoms with Gasteiger partial charge in [0.1, 0.15) is 23.7 Å². The lowest BCUT2D eigenvalue weighted by atomic mass is 10.0. The summed E-state index contributed by atoms with van der Waals surface area (Å²) in [5.74, 6) is -5.00. The van der Waals surface area contributed by atoms with Gasteiger partial charge in [-0.05, 0) is 66.6 Å². The van der Waals surface area contributed by atoms with Crippen LogP contribution in [-0.4, -0.2) is 136 Å². The van der Waals surface area contributed by atoms with E-state index in [9.17, 15) is 38.0 Å². The van der Waals surface area contributed by atoms with Crippen molar-refractivity contribution >= 4 is 69.2 Å². The Hall–Kier alpha value is -7.45. The van der Waals surface area contributed by atoms with E-state index in [0.717, 1.165) is 51.4 Å². The van der Waals surface area contributed by atoms with Gasteiger partial charge >= 0.3 is 0 Å². The highest BCUT2D eigenvalue weighted by atomic mass is 32.1. The van der Waals surface area contributed by atoms with Crippen molar-refractivity contribution < 1.29 is 42.3 Å². The van der Waals surface area contributed by atoms with Gasteiger partial charge in [-0.2, -0.15) is 0 Å². The van der Waals surface area contributed by atoms with Crippen LogP contribution in [0.25, 0.3) is 11.1 Å². The first-order valence-electron chi connectivity index (χ1n) is 21.8. The minimum atomic E-state index is -1.49. The van der Waals surface area contributed by atoms with Crippen molar-refractivity contribution in [1.29, 1.82) is 0 Å². The quantitative estimate of drug-likeness (QED) is 0.194. The number of nitrogens with one attached hydrogen (secondary N) is 2. The van der Waals surface area contributed by atoms with Crippen LogP contribution in [0, 0.1) is 11.6 Å². The number of benzene rings is 3. The van der Waals surface area contributed by atoms with Gasteiger partial charge in [0, 0.05) is 99.1 Å².